The van der Waals surface area contributed by atoms with E-state index in [-0.39, 0.29) is 30.2 Å². The number of phenols is 1. The van der Waals surface area contributed by atoms with Gasteiger partial charge in [0.25, 0.3) is 5.69 Å². The number of fused-ring (bicyclic) bond motifs is 2. The molecule has 4 aromatic rings. The number of hydrogen-bond acceptors (Lipinski definition) is 8. The van der Waals surface area contributed by atoms with E-state index in [1.54, 1.807) is 18.2 Å². The lowest BCUT2D eigenvalue weighted by Crippen LogP contribution is -2.40. The molecule has 1 heterocycles. The van der Waals surface area contributed by atoms with Crippen molar-refractivity contribution in [2.45, 2.75) is 38.7 Å². The molecule has 2 amide bonds. The van der Waals surface area contributed by atoms with E-state index in [1.807, 2.05) is 55.5 Å². The van der Waals surface area contributed by atoms with Gasteiger partial charge in [-0.1, -0.05) is 73.2 Å². The van der Waals surface area contributed by atoms with E-state index in [9.17, 15) is 35.0 Å². The first-order valence-electron chi connectivity index (χ1n) is 16.4. The predicted octanol–water partition coefficient (Wildman–Crippen LogP) is 6.58. The zero-order chi connectivity index (χ0) is 34.7. The number of nitrogens with zero attached hydrogens (tertiary/aromatic N) is 2. The Bertz CT molecular complexity index is 1950. The molecule has 0 radical (unpaired) electrons. The van der Waals surface area contributed by atoms with Gasteiger partial charge in [0.1, 0.15) is 18.1 Å². The first-order chi connectivity index (χ1) is 23.7. The van der Waals surface area contributed by atoms with Gasteiger partial charge in [-0.05, 0) is 72.0 Å². The second-order valence-corrected chi connectivity index (χ2v) is 12.5. The number of allylic oxidation sites excluding steroid dienone is 1. The number of aliphatic hydroxyl groups excluding tert-OH is 2. The van der Waals surface area contributed by atoms with Crippen LogP contribution < -0.4 is 9.64 Å². The Labute approximate surface area is 283 Å². The first-order valence-corrected chi connectivity index (χ1v) is 16.4. The normalized spacial score (nSPS) is 20.1. The lowest BCUT2D eigenvalue weighted by Gasteiger charge is -2.36. The average molecular weight is 663 g/mol. The van der Waals surface area contributed by atoms with E-state index < -0.39 is 47.2 Å². The van der Waals surface area contributed by atoms with Gasteiger partial charge < -0.3 is 20.1 Å². The molecule has 0 bridgehead atoms. The average Bonchev–Trinajstić information content (AvgIpc) is 3.38. The number of benzene rings is 4. The predicted molar refractivity (Wildman–Crippen MR) is 186 cm³/mol. The maximum Gasteiger partial charge on any atom is 0.271 e. The van der Waals surface area contributed by atoms with Crippen LogP contribution in [0.1, 0.15) is 38.2 Å². The number of amides is 2. The Morgan fingerprint density at radius 1 is 1.00 bits per heavy atom. The summed E-state index contributed by atoms with van der Waals surface area (Å²) < 4.78 is 6.09. The number of aromatic hydroxyl groups is 1. The summed E-state index contributed by atoms with van der Waals surface area (Å²) in [4.78, 5) is 39.7. The number of hydrogen-bond donors (Lipinski definition) is 3. The largest absolute Gasteiger partial charge is 0.507 e. The van der Waals surface area contributed by atoms with Crippen molar-refractivity contribution < 1.29 is 34.6 Å². The van der Waals surface area contributed by atoms with Crippen LogP contribution in [0.2, 0.25) is 0 Å². The molecule has 4 aromatic carbocycles. The zero-order valence-electron chi connectivity index (χ0n) is 27.1. The molecule has 4 atom stereocenters. The van der Waals surface area contributed by atoms with Crippen molar-refractivity contribution in [3.05, 3.63) is 123 Å². The van der Waals surface area contributed by atoms with Crippen LogP contribution in [0, 0.1) is 27.9 Å². The minimum absolute atomic E-state index is 0.0460. The van der Waals surface area contributed by atoms with E-state index in [1.165, 1.54) is 24.3 Å². The molecule has 10 heteroatoms. The summed E-state index contributed by atoms with van der Waals surface area (Å²) in [6.45, 7) is 1.59. The van der Waals surface area contributed by atoms with Crippen LogP contribution in [0.3, 0.4) is 0 Å². The molecule has 0 unspecified atom stereocenters. The van der Waals surface area contributed by atoms with Crippen LogP contribution in [0.25, 0.3) is 16.8 Å². The highest BCUT2D eigenvalue weighted by Gasteiger charge is 2.55. The molecular formula is C39H38N2O8. The highest BCUT2D eigenvalue weighted by atomic mass is 16.6. The molecule has 1 aliphatic carbocycles. The molecule has 1 aliphatic heterocycles. The summed E-state index contributed by atoms with van der Waals surface area (Å²) in [5.74, 6) is -2.91. The summed E-state index contributed by atoms with van der Waals surface area (Å²) in [6, 6.07) is 25.6. The third-order valence-electron chi connectivity index (χ3n) is 9.68. The van der Waals surface area contributed by atoms with Crippen molar-refractivity contribution in [1.82, 2.24) is 0 Å². The van der Waals surface area contributed by atoms with Crippen LogP contribution in [0.5, 0.6) is 11.5 Å². The van der Waals surface area contributed by atoms with Gasteiger partial charge in [-0.2, -0.15) is 0 Å². The molecule has 6 rings (SSSR count). The number of nitro benzene ring substituents is 1. The van der Waals surface area contributed by atoms with Gasteiger partial charge in [0.15, 0.2) is 0 Å². The van der Waals surface area contributed by atoms with Crippen LogP contribution in [-0.2, 0) is 9.59 Å². The van der Waals surface area contributed by atoms with Crippen molar-refractivity contribution in [2.75, 3.05) is 18.1 Å². The molecule has 1 fully saturated rings. The van der Waals surface area contributed by atoms with Crippen LogP contribution >= 0.6 is 0 Å². The summed E-state index contributed by atoms with van der Waals surface area (Å²) in [5.41, 5.74) is 2.99. The minimum Gasteiger partial charge on any atom is -0.507 e. The topological polar surface area (TPSA) is 150 Å². The van der Waals surface area contributed by atoms with Crippen molar-refractivity contribution in [1.29, 1.82) is 0 Å². The van der Waals surface area contributed by atoms with Crippen molar-refractivity contribution in [3.63, 3.8) is 0 Å². The van der Waals surface area contributed by atoms with Gasteiger partial charge in [-0.25, -0.2) is 4.90 Å². The van der Waals surface area contributed by atoms with Gasteiger partial charge in [-0.15, -0.1) is 0 Å². The number of rotatable bonds is 12. The van der Waals surface area contributed by atoms with E-state index in [0.29, 0.717) is 36.2 Å². The Hall–Kier alpha value is -5.32. The quantitative estimate of drug-likeness (QED) is 0.0666. The number of ether oxygens (including phenoxy) is 1. The Morgan fingerprint density at radius 2 is 1.73 bits per heavy atom. The standard InChI is InChI=1S/C39H38N2O8/c1-2-24(19-25-16-18-34(43)31-14-7-6-13-30(25)31)15-17-35(44)36-26(23-49-29-11-4-3-5-12-29)20-32-37(33(36)22-42)39(46)40(38(32)45)27-9-8-10-28(21-27)41(47)48/h3-14,16,18-19,21,32-33,35,37,42-44H,2,15,17,20,22-23H2,1H3/b24-19+/t32-,33+,35-,37-/m1/s1. The van der Waals surface area contributed by atoms with Gasteiger partial charge in [-0.3, -0.25) is 19.7 Å². The number of imide groups is 1. The maximum absolute atomic E-state index is 14.0. The second-order valence-electron chi connectivity index (χ2n) is 12.5. The number of aliphatic hydroxyl groups is 2. The number of para-hydroxylation sites is 1. The SMILES string of the molecule is CC/C(=C\c1ccc(O)c2ccccc12)CC[C@@H](O)C1=C(COc2ccccc2)C[C@H]2C(=O)N(c3cccc([N+](=O)[O-])c3)C(=O)[C@H]2[C@H]1CO. The molecule has 1 saturated heterocycles. The number of phenolic OH excluding ortho intramolecular Hbond substituents is 1. The highest BCUT2D eigenvalue weighted by Crippen LogP contribution is 2.47. The number of nitro groups is 1. The van der Waals surface area contributed by atoms with Gasteiger partial charge in [0, 0.05) is 23.4 Å². The Morgan fingerprint density at radius 3 is 2.45 bits per heavy atom. The molecular weight excluding hydrogens is 624 g/mol. The molecule has 0 saturated carbocycles. The maximum atomic E-state index is 14.0. The van der Waals surface area contributed by atoms with Crippen LogP contribution in [0.4, 0.5) is 11.4 Å². The fourth-order valence-corrected chi connectivity index (χ4v) is 7.26. The van der Waals surface area contributed by atoms with Crippen LogP contribution in [0.15, 0.2) is 108 Å². The number of anilines is 1. The number of non-ortho nitro benzene ring substituents is 1. The third-order valence-corrected chi connectivity index (χ3v) is 9.68. The lowest BCUT2D eigenvalue weighted by atomic mass is 9.68. The van der Waals surface area contributed by atoms with E-state index in [0.717, 1.165) is 26.8 Å². The molecule has 2 aliphatic rings. The Kier molecular flexibility index (Phi) is 9.89. The minimum atomic E-state index is -1.05. The van der Waals surface area contributed by atoms with Gasteiger partial charge >= 0.3 is 0 Å². The Balaban J connectivity index is 1.31. The zero-order valence-corrected chi connectivity index (χ0v) is 27.1. The first kappa shape index (κ1) is 33.6. The summed E-state index contributed by atoms with van der Waals surface area (Å²) >= 11 is 0. The highest BCUT2D eigenvalue weighted by molar-refractivity contribution is 6.22. The van der Waals surface area contributed by atoms with E-state index in [2.05, 4.69) is 6.08 Å². The molecule has 49 heavy (non-hydrogen) atoms. The van der Waals surface area contributed by atoms with E-state index in [4.69, 9.17) is 4.74 Å². The fourth-order valence-electron chi connectivity index (χ4n) is 7.26. The number of carbonyl (C=O) groups is 2. The van der Waals surface area contributed by atoms with Crippen molar-refractivity contribution in [3.8, 4) is 11.5 Å². The third kappa shape index (κ3) is 6.70. The molecule has 0 spiro atoms. The van der Waals surface area contributed by atoms with Gasteiger partial charge in [0.05, 0.1) is 35.2 Å². The molecule has 0 aromatic heterocycles. The lowest BCUT2D eigenvalue weighted by molar-refractivity contribution is -0.384. The molecule has 10 nitrogen and oxygen atoms in total. The van der Waals surface area contributed by atoms with Crippen LogP contribution in [-0.4, -0.2) is 51.4 Å². The molecule has 3 N–H and O–H groups in total. The molecule has 252 valence electrons. The van der Waals surface area contributed by atoms with Gasteiger partial charge in [0.2, 0.25) is 11.8 Å². The second kappa shape index (κ2) is 14.4. The monoisotopic (exact) mass is 662 g/mol. The summed E-state index contributed by atoms with van der Waals surface area (Å²) in [6.07, 6.45) is 2.68. The number of carbonyl (C=O) groups excluding carboxylic acids is 2. The fraction of sp³-hybridized carbons (Fsp3) is 0.282. The summed E-state index contributed by atoms with van der Waals surface area (Å²) in [7, 11) is 0. The van der Waals surface area contributed by atoms with Crippen molar-refractivity contribution in [2.24, 2.45) is 17.8 Å². The van der Waals surface area contributed by atoms with Crippen molar-refractivity contribution >= 4 is 40.0 Å². The van der Waals surface area contributed by atoms with E-state index >= 15 is 0 Å². The summed E-state index contributed by atoms with van der Waals surface area (Å²) in [5, 5.41) is 46.1. The smallest absolute Gasteiger partial charge is 0.271 e.